The predicted octanol–water partition coefficient (Wildman–Crippen LogP) is 3.25. The minimum absolute atomic E-state index is 0.0241. The van der Waals surface area contributed by atoms with Crippen LogP contribution in [0.25, 0.3) is 0 Å². The number of amides is 1. The van der Waals surface area contributed by atoms with Gasteiger partial charge in [-0.05, 0) is 50.1 Å². The molecule has 0 aromatic heterocycles. The van der Waals surface area contributed by atoms with Crippen molar-refractivity contribution < 1.29 is 27.5 Å². The second-order valence-corrected chi connectivity index (χ2v) is 9.80. The van der Waals surface area contributed by atoms with E-state index in [1.54, 1.807) is 18.7 Å². The van der Waals surface area contributed by atoms with E-state index in [1.807, 2.05) is 31.2 Å². The third-order valence-electron chi connectivity index (χ3n) is 5.80. The van der Waals surface area contributed by atoms with Crippen LogP contribution in [0.15, 0.2) is 47.4 Å². The van der Waals surface area contributed by atoms with Crippen LogP contribution in [0.2, 0.25) is 0 Å². The summed E-state index contributed by atoms with van der Waals surface area (Å²) in [5.74, 6) is -0.981. The molecular formula is C24H30N2O6S. The lowest BCUT2D eigenvalue weighted by Crippen LogP contribution is -2.43. The average molecular weight is 475 g/mol. The molecule has 0 aliphatic carbocycles. The molecule has 3 rings (SSSR count). The van der Waals surface area contributed by atoms with Crippen LogP contribution in [0.5, 0.6) is 5.75 Å². The Bertz CT molecular complexity index is 1140. The topological polar surface area (TPSA) is 93.2 Å². The van der Waals surface area contributed by atoms with Gasteiger partial charge in [-0.3, -0.25) is 4.79 Å². The Morgan fingerprint density at radius 2 is 1.82 bits per heavy atom. The van der Waals surface area contributed by atoms with Crippen molar-refractivity contribution in [3.63, 3.8) is 0 Å². The first-order valence-corrected chi connectivity index (χ1v) is 12.4. The fraction of sp³-hybridized carbons (Fsp3) is 0.417. The van der Waals surface area contributed by atoms with E-state index in [-0.39, 0.29) is 41.2 Å². The quantitative estimate of drug-likeness (QED) is 0.546. The number of fused-ring (bicyclic) bond motifs is 1. The van der Waals surface area contributed by atoms with Gasteiger partial charge in [-0.2, -0.15) is 4.31 Å². The van der Waals surface area contributed by atoms with Gasteiger partial charge >= 0.3 is 5.97 Å². The average Bonchev–Trinajstić information content (AvgIpc) is 3.14. The van der Waals surface area contributed by atoms with Gasteiger partial charge in [0, 0.05) is 24.8 Å². The van der Waals surface area contributed by atoms with E-state index >= 15 is 0 Å². The molecule has 33 heavy (non-hydrogen) atoms. The molecule has 0 spiro atoms. The number of carbonyl (C=O) groups excluding carboxylic acids is 2. The lowest BCUT2D eigenvalue weighted by molar-refractivity contribution is -0.126. The zero-order valence-electron chi connectivity index (χ0n) is 19.6. The van der Waals surface area contributed by atoms with Gasteiger partial charge in [0.15, 0.2) is 6.10 Å². The van der Waals surface area contributed by atoms with Crippen LogP contribution in [-0.2, 0) is 26.0 Å². The van der Waals surface area contributed by atoms with Crippen molar-refractivity contribution in [2.45, 2.75) is 51.2 Å². The molecular weight excluding hydrogens is 444 g/mol. The molecule has 1 heterocycles. The molecule has 0 saturated heterocycles. The molecule has 178 valence electrons. The Morgan fingerprint density at radius 1 is 1.15 bits per heavy atom. The molecule has 2 atom stereocenters. The Balaban J connectivity index is 1.84. The highest BCUT2D eigenvalue weighted by molar-refractivity contribution is 7.89. The second kappa shape index (κ2) is 9.93. The van der Waals surface area contributed by atoms with E-state index in [0.29, 0.717) is 0 Å². The molecule has 9 heteroatoms. The maximum Gasteiger partial charge on any atom is 0.338 e. The molecule has 1 aliphatic rings. The third kappa shape index (κ3) is 4.74. The summed E-state index contributed by atoms with van der Waals surface area (Å²) in [7, 11) is -2.51. The largest absolute Gasteiger partial charge is 0.495 e. The van der Waals surface area contributed by atoms with Crippen LogP contribution < -0.4 is 9.64 Å². The SMILES string of the molecule is CCN(CC)S(=O)(=O)c1cc(C(=O)OC(C)C(=O)N2c3ccccc3CC2C)ccc1OC. The zero-order valence-corrected chi connectivity index (χ0v) is 20.4. The number of ether oxygens (including phenoxy) is 2. The summed E-state index contributed by atoms with van der Waals surface area (Å²) < 4.78 is 38.0. The third-order valence-corrected chi connectivity index (χ3v) is 7.87. The monoisotopic (exact) mass is 474 g/mol. The first-order valence-electron chi connectivity index (χ1n) is 11.0. The fourth-order valence-electron chi connectivity index (χ4n) is 4.08. The number of rotatable bonds is 8. The van der Waals surface area contributed by atoms with Gasteiger partial charge in [0.25, 0.3) is 5.91 Å². The predicted molar refractivity (Wildman–Crippen MR) is 125 cm³/mol. The van der Waals surface area contributed by atoms with Gasteiger partial charge in [0.1, 0.15) is 10.6 Å². The normalized spacial score (nSPS) is 16.4. The fourth-order valence-corrected chi connectivity index (χ4v) is 5.72. The highest BCUT2D eigenvalue weighted by atomic mass is 32.2. The van der Waals surface area contributed by atoms with Gasteiger partial charge in [0.05, 0.1) is 12.7 Å². The maximum absolute atomic E-state index is 13.1. The standard InChI is InChI=1S/C24H30N2O6S/c1-6-25(7-2)33(29,30)22-15-19(12-13-21(22)31-5)24(28)32-17(4)23(27)26-16(3)14-18-10-8-9-11-20(18)26/h8-13,15-17H,6-7,14H2,1-5H3. The maximum atomic E-state index is 13.1. The van der Waals surface area contributed by atoms with Crippen LogP contribution in [0, 0.1) is 0 Å². The van der Waals surface area contributed by atoms with Crippen LogP contribution in [0.1, 0.15) is 43.6 Å². The molecule has 0 N–H and O–H groups in total. The Labute approximate surface area is 195 Å². The van der Waals surface area contributed by atoms with Crippen molar-refractivity contribution in [2.75, 3.05) is 25.1 Å². The summed E-state index contributed by atoms with van der Waals surface area (Å²) in [5, 5.41) is 0. The van der Waals surface area contributed by atoms with Crippen molar-refractivity contribution in [3.8, 4) is 5.75 Å². The van der Waals surface area contributed by atoms with Crippen molar-refractivity contribution in [1.82, 2.24) is 4.31 Å². The highest BCUT2D eigenvalue weighted by Crippen LogP contribution is 2.33. The molecule has 1 amide bonds. The summed E-state index contributed by atoms with van der Waals surface area (Å²) in [6.45, 7) is 7.48. The minimum atomic E-state index is -3.87. The number of methoxy groups -OCH3 is 1. The lowest BCUT2D eigenvalue weighted by Gasteiger charge is -2.26. The minimum Gasteiger partial charge on any atom is -0.495 e. The van der Waals surface area contributed by atoms with Crippen LogP contribution in [-0.4, -0.2) is 56.9 Å². The smallest absolute Gasteiger partial charge is 0.338 e. The summed E-state index contributed by atoms with van der Waals surface area (Å²) in [5.41, 5.74) is 1.91. The molecule has 0 bridgehead atoms. The number of carbonyl (C=O) groups is 2. The number of para-hydroxylation sites is 1. The van der Waals surface area contributed by atoms with E-state index in [9.17, 15) is 18.0 Å². The second-order valence-electron chi connectivity index (χ2n) is 7.89. The number of benzene rings is 2. The Morgan fingerprint density at radius 3 is 2.45 bits per heavy atom. The van der Waals surface area contributed by atoms with Crippen molar-refractivity contribution >= 4 is 27.6 Å². The van der Waals surface area contributed by atoms with Gasteiger partial charge in [-0.15, -0.1) is 0 Å². The summed E-state index contributed by atoms with van der Waals surface area (Å²) in [6, 6.07) is 11.7. The Kier molecular flexibility index (Phi) is 7.44. The van der Waals surface area contributed by atoms with Crippen molar-refractivity contribution in [2.24, 2.45) is 0 Å². The number of hydrogen-bond donors (Lipinski definition) is 0. The number of esters is 1. The van der Waals surface area contributed by atoms with Crippen LogP contribution in [0.3, 0.4) is 0 Å². The molecule has 2 unspecified atom stereocenters. The van der Waals surface area contributed by atoms with E-state index in [2.05, 4.69) is 0 Å². The lowest BCUT2D eigenvalue weighted by atomic mass is 10.1. The number of hydrogen-bond acceptors (Lipinski definition) is 6. The first-order chi connectivity index (χ1) is 15.6. The van der Waals surface area contributed by atoms with Gasteiger partial charge in [-0.1, -0.05) is 32.0 Å². The molecule has 1 aliphatic heterocycles. The summed E-state index contributed by atoms with van der Waals surface area (Å²) in [6.07, 6.45) is -0.316. The number of nitrogens with zero attached hydrogens (tertiary/aromatic N) is 2. The number of sulfonamides is 1. The van der Waals surface area contributed by atoms with Crippen molar-refractivity contribution in [1.29, 1.82) is 0 Å². The molecule has 0 radical (unpaired) electrons. The van der Waals surface area contributed by atoms with E-state index in [0.717, 1.165) is 17.7 Å². The molecule has 2 aromatic carbocycles. The van der Waals surface area contributed by atoms with E-state index in [4.69, 9.17) is 9.47 Å². The molecule has 8 nitrogen and oxygen atoms in total. The van der Waals surface area contributed by atoms with Crippen molar-refractivity contribution in [3.05, 3.63) is 53.6 Å². The first kappa shape index (κ1) is 24.7. The molecule has 2 aromatic rings. The number of anilines is 1. The summed E-state index contributed by atoms with van der Waals surface area (Å²) in [4.78, 5) is 27.5. The van der Waals surface area contributed by atoms with Gasteiger partial charge in [0.2, 0.25) is 10.0 Å². The summed E-state index contributed by atoms with van der Waals surface area (Å²) >= 11 is 0. The van der Waals surface area contributed by atoms with Crippen LogP contribution in [0.4, 0.5) is 5.69 Å². The van der Waals surface area contributed by atoms with Crippen LogP contribution >= 0.6 is 0 Å². The Hall–Kier alpha value is -2.91. The van der Waals surface area contributed by atoms with E-state index < -0.39 is 22.1 Å². The van der Waals surface area contributed by atoms with Gasteiger partial charge in [-0.25, -0.2) is 13.2 Å². The molecule has 0 saturated carbocycles. The highest BCUT2D eigenvalue weighted by Gasteiger charge is 2.35. The van der Waals surface area contributed by atoms with Gasteiger partial charge < -0.3 is 14.4 Å². The zero-order chi connectivity index (χ0) is 24.3. The van der Waals surface area contributed by atoms with E-state index in [1.165, 1.54) is 36.5 Å². The molecule has 0 fully saturated rings.